The van der Waals surface area contributed by atoms with E-state index in [2.05, 4.69) is 15.3 Å². The molecule has 0 atom stereocenters. The van der Waals surface area contributed by atoms with E-state index in [1.807, 2.05) is 25.1 Å². The van der Waals surface area contributed by atoms with Crippen LogP contribution in [0.1, 0.15) is 18.2 Å². The third-order valence-corrected chi connectivity index (χ3v) is 2.87. The van der Waals surface area contributed by atoms with E-state index in [0.29, 0.717) is 5.56 Å². The van der Waals surface area contributed by atoms with Crippen molar-refractivity contribution in [2.75, 3.05) is 12.4 Å². The first-order valence-corrected chi connectivity index (χ1v) is 6.17. The normalized spacial score (nSPS) is 11.4. The summed E-state index contributed by atoms with van der Waals surface area (Å²) in [6.07, 6.45) is -3.68. The van der Waals surface area contributed by atoms with E-state index < -0.39 is 11.9 Å². The monoisotopic (exact) mass is 281 g/mol. The fraction of sp³-hybridized carbons (Fsp3) is 0.286. The molecule has 0 spiro atoms. The van der Waals surface area contributed by atoms with Gasteiger partial charge in [0.15, 0.2) is 5.69 Å². The van der Waals surface area contributed by atoms with E-state index in [-0.39, 0.29) is 11.6 Å². The lowest BCUT2D eigenvalue weighted by Gasteiger charge is -2.10. The first-order chi connectivity index (χ1) is 9.44. The Morgan fingerprint density at radius 3 is 2.50 bits per heavy atom. The maximum absolute atomic E-state index is 12.8. The Morgan fingerprint density at radius 2 is 1.90 bits per heavy atom. The summed E-state index contributed by atoms with van der Waals surface area (Å²) in [5.74, 6) is -0.0447. The second-order valence-corrected chi connectivity index (χ2v) is 4.26. The summed E-state index contributed by atoms with van der Waals surface area (Å²) in [5, 5.41) is 2.56. The molecule has 0 bridgehead atoms. The molecular weight excluding hydrogens is 267 g/mol. The zero-order valence-corrected chi connectivity index (χ0v) is 11.1. The molecule has 0 aliphatic rings. The van der Waals surface area contributed by atoms with Gasteiger partial charge >= 0.3 is 6.18 Å². The molecule has 0 aliphatic carbocycles. The van der Waals surface area contributed by atoms with Crippen molar-refractivity contribution in [1.29, 1.82) is 0 Å². The lowest BCUT2D eigenvalue weighted by atomic mass is 10.1. The largest absolute Gasteiger partial charge is 0.433 e. The minimum Gasteiger partial charge on any atom is -0.357 e. The van der Waals surface area contributed by atoms with Gasteiger partial charge in [0.05, 0.1) is 5.69 Å². The minimum atomic E-state index is -4.49. The number of nitrogens with one attached hydrogen (secondary N) is 1. The number of nitrogens with zero attached hydrogens (tertiary/aromatic N) is 2. The third kappa shape index (κ3) is 3.07. The molecule has 1 aromatic carbocycles. The molecule has 6 heteroatoms. The maximum atomic E-state index is 12.8. The van der Waals surface area contributed by atoms with Gasteiger partial charge in [-0.1, -0.05) is 25.1 Å². The summed E-state index contributed by atoms with van der Waals surface area (Å²) in [7, 11) is 1.49. The molecule has 0 unspecified atom stereocenters. The summed E-state index contributed by atoms with van der Waals surface area (Å²) in [5.41, 5.74) is 0.996. The number of hydrogen-bond acceptors (Lipinski definition) is 3. The first kappa shape index (κ1) is 14.3. The fourth-order valence-corrected chi connectivity index (χ4v) is 1.80. The Morgan fingerprint density at radius 1 is 1.15 bits per heavy atom. The maximum Gasteiger partial charge on any atom is 0.433 e. The van der Waals surface area contributed by atoms with Crippen molar-refractivity contribution in [3.05, 3.63) is 41.6 Å². The number of benzene rings is 1. The van der Waals surface area contributed by atoms with Crippen molar-refractivity contribution in [2.45, 2.75) is 19.5 Å². The predicted octanol–water partition coefficient (Wildman–Crippen LogP) is 3.77. The van der Waals surface area contributed by atoms with Crippen LogP contribution in [-0.2, 0) is 12.6 Å². The van der Waals surface area contributed by atoms with Crippen molar-refractivity contribution in [1.82, 2.24) is 9.97 Å². The highest BCUT2D eigenvalue weighted by molar-refractivity contribution is 5.62. The highest BCUT2D eigenvalue weighted by Crippen LogP contribution is 2.31. The number of rotatable bonds is 3. The minimum absolute atomic E-state index is 0.0447. The van der Waals surface area contributed by atoms with Crippen LogP contribution in [0.3, 0.4) is 0 Å². The van der Waals surface area contributed by atoms with Gasteiger partial charge in [0.1, 0.15) is 0 Å². The smallest absolute Gasteiger partial charge is 0.357 e. The second kappa shape index (κ2) is 5.48. The number of hydrogen-bond donors (Lipinski definition) is 1. The highest BCUT2D eigenvalue weighted by atomic mass is 19.4. The quantitative estimate of drug-likeness (QED) is 0.930. The first-order valence-electron chi connectivity index (χ1n) is 6.17. The predicted molar refractivity (Wildman–Crippen MR) is 71.4 cm³/mol. The van der Waals surface area contributed by atoms with Gasteiger partial charge < -0.3 is 5.32 Å². The van der Waals surface area contributed by atoms with Crippen LogP contribution in [0, 0.1) is 0 Å². The molecule has 0 saturated carbocycles. The zero-order chi connectivity index (χ0) is 14.8. The molecule has 1 N–H and O–H groups in total. The molecule has 2 rings (SSSR count). The summed E-state index contributed by atoms with van der Waals surface area (Å²) >= 11 is 0. The average Bonchev–Trinajstić information content (AvgIpc) is 2.46. The van der Waals surface area contributed by atoms with Crippen LogP contribution in [0.2, 0.25) is 0 Å². The van der Waals surface area contributed by atoms with Crippen LogP contribution in [0.5, 0.6) is 0 Å². The van der Waals surface area contributed by atoms with Gasteiger partial charge in [-0.15, -0.1) is 0 Å². The number of aryl methyl sites for hydroxylation is 1. The lowest BCUT2D eigenvalue weighted by molar-refractivity contribution is -0.141. The van der Waals surface area contributed by atoms with Crippen molar-refractivity contribution in [2.24, 2.45) is 0 Å². The van der Waals surface area contributed by atoms with Crippen LogP contribution in [0.15, 0.2) is 30.3 Å². The van der Waals surface area contributed by atoms with Gasteiger partial charge in [0.25, 0.3) is 0 Å². The molecule has 0 aliphatic heterocycles. The summed E-state index contributed by atoms with van der Waals surface area (Å²) < 4.78 is 38.5. The van der Waals surface area contributed by atoms with Crippen molar-refractivity contribution < 1.29 is 13.2 Å². The molecule has 0 amide bonds. The van der Waals surface area contributed by atoms with Crippen molar-refractivity contribution >= 4 is 5.95 Å². The number of alkyl halides is 3. The lowest BCUT2D eigenvalue weighted by Crippen LogP contribution is -2.11. The Bertz CT molecular complexity index is 609. The average molecular weight is 281 g/mol. The molecule has 0 fully saturated rings. The van der Waals surface area contributed by atoms with Crippen LogP contribution in [0.25, 0.3) is 11.3 Å². The van der Waals surface area contributed by atoms with E-state index in [1.54, 1.807) is 6.07 Å². The second-order valence-electron chi connectivity index (χ2n) is 4.26. The Kier molecular flexibility index (Phi) is 3.92. The summed E-state index contributed by atoms with van der Waals surface area (Å²) in [4.78, 5) is 7.53. The molecular formula is C14H14F3N3. The standard InChI is InChI=1S/C14H14F3N3/c1-3-9-5-4-6-10(7-9)11-8-12(14(15,16)17)20-13(18-2)19-11/h4-8H,3H2,1-2H3,(H,18,19,20). The molecule has 0 radical (unpaired) electrons. The molecule has 1 heterocycles. The Hall–Kier alpha value is -2.11. The molecule has 106 valence electrons. The van der Waals surface area contributed by atoms with Gasteiger partial charge in [-0.25, -0.2) is 9.97 Å². The van der Waals surface area contributed by atoms with Gasteiger partial charge in [-0.05, 0) is 24.1 Å². The summed E-state index contributed by atoms with van der Waals surface area (Å²) in [6.45, 7) is 1.99. The van der Waals surface area contributed by atoms with E-state index >= 15 is 0 Å². The van der Waals surface area contributed by atoms with Gasteiger partial charge in [0, 0.05) is 12.6 Å². The summed E-state index contributed by atoms with van der Waals surface area (Å²) in [6, 6.07) is 8.27. The number of aromatic nitrogens is 2. The third-order valence-electron chi connectivity index (χ3n) is 2.87. The van der Waals surface area contributed by atoms with Gasteiger partial charge in [-0.2, -0.15) is 13.2 Å². The highest BCUT2D eigenvalue weighted by Gasteiger charge is 2.33. The SMILES string of the molecule is CCc1cccc(-c2cc(C(F)(F)F)nc(NC)n2)c1. The Labute approximate surface area is 114 Å². The van der Waals surface area contributed by atoms with Crippen LogP contribution < -0.4 is 5.32 Å². The topological polar surface area (TPSA) is 37.8 Å². The van der Waals surface area contributed by atoms with E-state index in [1.165, 1.54) is 7.05 Å². The number of halogens is 3. The van der Waals surface area contributed by atoms with E-state index in [9.17, 15) is 13.2 Å². The molecule has 0 saturated heterocycles. The van der Waals surface area contributed by atoms with Crippen LogP contribution in [-0.4, -0.2) is 17.0 Å². The van der Waals surface area contributed by atoms with Crippen LogP contribution >= 0.6 is 0 Å². The van der Waals surface area contributed by atoms with Gasteiger partial charge in [-0.3, -0.25) is 0 Å². The molecule has 20 heavy (non-hydrogen) atoms. The van der Waals surface area contributed by atoms with Crippen LogP contribution in [0.4, 0.5) is 19.1 Å². The Balaban J connectivity index is 2.55. The number of anilines is 1. The zero-order valence-electron chi connectivity index (χ0n) is 11.1. The van der Waals surface area contributed by atoms with Gasteiger partial charge in [0.2, 0.25) is 5.95 Å². The molecule has 1 aromatic heterocycles. The van der Waals surface area contributed by atoms with Crippen molar-refractivity contribution in [3.63, 3.8) is 0 Å². The molecule has 3 nitrogen and oxygen atoms in total. The molecule has 2 aromatic rings. The van der Waals surface area contributed by atoms with Crippen molar-refractivity contribution in [3.8, 4) is 11.3 Å². The fourth-order valence-electron chi connectivity index (χ4n) is 1.80. The van der Waals surface area contributed by atoms with E-state index in [0.717, 1.165) is 18.1 Å². The van der Waals surface area contributed by atoms with E-state index in [4.69, 9.17) is 0 Å².